The number of nitrogens with zero attached hydrogens (tertiary/aromatic N) is 3. The summed E-state index contributed by atoms with van der Waals surface area (Å²) in [5.41, 5.74) is 2.28. The number of nitrogens with one attached hydrogen (secondary N) is 2. The van der Waals surface area contributed by atoms with Gasteiger partial charge in [-0.1, -0.05) is 30.7 Å². The van der Waals surface area contributed by atoms with Crippen LogP contribution in [0.5, 0.6) is 11.5 Å². The molecule has 0 bridgehead atoms. The fourth-order valence-corrected chi connectivity index (χ4v) is 3.63. The van der Waals surface area contributed by atoms with E-state index in [2.05, 4.69) is 25.6 Å². The summed E-state index contributed by atoms with van der Waals surface area (Å²) in [6.45, 7) is 4.34. The number of halogens is 1. The number of carbonyl (C=O) groups is 1. The molecule has 0 fully saturated rings. The third kappa shape index (κ3) is 6.36. The molecule has 180 valence electrons. The van der Waals surface area contributed by atoms with Crippen molar-refractivity contribution in [1.29, 1.82) is 0 Å². The summed E-state index contributed by atoms with van der Waals surface area (Å²) in [6, 6.07) is 16.6. The lowest BCUT2D eigenvalue weighted by Crippen LogP contribution is -2.36. The first-order valence-electron chi connectivity index (χ1n) is 11.3. The van der Waals surface area contributed by atoms with Gasteiger partial charge < -0.3 is 20.1 Å². The predicted molar refractivity (Wildman–Crippen MR) is 136 cm³/mol. The van der Waals surface area contributed by atoms with Gasteiger partial charge in [-0.2, -0.15) is 0 Å². The molecular weight excluding hydrogens is 466 g/mol. The maximum absolute atomic E-state index is 11.6. The van der Waals surface area contributed by atoms with Gasteiger partial charge in [-0.15, -0.1) is 0 Å². The van der Waals surface area contributed by atoms with E-state index in [1.54, 1.807) is 18.3 Å². The molecule has 0 aliphatic rings. The first kappa shape index (κ1) is 24.2. The SMILES string of the molecule is CCC(=O)N[C@@H](C)COc1cccc2ncnc(Nc3ccc(OCc4ccccn4)c(Cl)c3)c12. The van der Waals surface area contributed by atoms with Gasteiger partial charge in [0.15, 0.2) is 0 Å². The van der Waals surface area contributed by atoms with Crippen molar-refractivity contribution in [2.75, 3.05) is 11.9 Å². The molecule has 1 atom stereocenters. The van der Waals surface area contributed by atoms with Gasteiger partial charge in [-0.3, -0.25) is 9.78 Å². The van der Waals surface area contributed by atoms with Gasteiger partial charge in [0.2, 0.25) is 5.91 Å². The van der Waals surface area contributed by atoms with Crippen molar-refractivity contribution in [2.45, 2.75) is 32.9 Å². The van der Waals surface area contributed by atoms with E-state index >= 15 is 0 Å². The fraction of sp³-hybridized carbons (Fsp3) is 0.231. The highest BCUT2D eigenvalue weighted by atomic mass is 35.5. The molecule has 8 nitrogen and oxygen atoms in total. The monoisotopic (exact) mass is 491 g/mol. The molecule has 2 aromatic carbocycles. The number of hydrogen-bond acceptors (Lipinski definition) is 7. The molecule has 2 heterocycles. The minimum absolute atomic E-state index is 0.0194. The minimum Gasteiger partial charge on any atom is -0.491 e. The van der Waals surface area contributed by atoms with Crippen LogP contribution in [0.2, 0.25) is 5.02 Å². The highest BCUT2D eigenvalue weighted by Crippen LogP contribution is 2.34. The number of benzene rings is 2. The number of hydrogen-bond donors (Lipinski definition) is 2. The van der Waals surface area contributed by atoms with Gasteiger partial charge in [-0.25, -0.2) is 9.97 Å². The van der Waals surface area contributed by atoms with Crippen LogP contribution in [-0.2, 0) is 11.4 Å². The Morgan fingerprint density at radius 3 is 2.69 bits per heavy atom. The van der Waals surface area contributed by atoms with Gasteiger partial charge >= 0.3 is 0 Å². The number of amides is 1. The van der Waals surface area contributed by atoms with Gasteiger partial charge in [0.25, 0.3) is 0 Å². The van der Waals surface area contributed by atoms with Gasteiger partial charge in [0.1, 0.15) is 36.9 Å². The Labute approximate surface area is 208 Å². The van der Waals surface area contributed by atoms with E-state index in [-0.39, 0.29) is 11.9 Å². The standard InChI is InChI=1S/C26H26ClN5O3/c1-3-24(33)31-17(2)14-34-23-9-6-8-21-25(23)26(30-16-29-21)32-18-10-11-22(20(27)13-18)35-15-19-7-4-5-12-28-19/h4-13,16-17H,3,14-15H2,1-2H3,(H,31,33)(H,29,30,32)/t17-/m0/s1. The number of pyridine rings is 1. The lowest BCUT2D eigenvalue weighted by Gasteiger charge is -2.17. The maximum atomic E-state index is 11.6. The van der Waals surface area contributed by atoms with Crippen molar-refractivity contribution >= 4 is 39.9 Å². The first-order valence-corrected chi connectivity index (χ1v) is 11.7. The summed E-state index contributed by atoms with van der Waals surface area (Å²) >= 11 is 6.47. The second-order valence-electron chi connectivity index (χ2n) is 7.89. The van der Waals surface area contributed by atoms with E-state index in [1.165, 1.54) is 6.33 Å². The summed E-state index contributed by atoms with van der Waals surface area (Å²) in [7, 11) is 0. The second-order valence-corrected chi connectivity index (χ2v) is 8.29. The zero-order valence-corrected chi connectivity index (χ0v) is 20.2. The van der Waals surface area contributed by atoms with Crippen molar-refractivity contribution in [3.8, 4) is 11.5 Å². The molecule has 1 amide bonds. The Morgan fingerprint density at radius 1 is 1.03 bits per heavy atom. The maximum Gasteiger partial charge on any atom is 0.220 e. The van der Waals surface area contributed by atoms with Crippen molar-refractivity contribution < 1.29 is 14.3 Å². The van der Waals surface area contributed by atoms with Gasteiger partial charge in [-0.05, 0) is 49.4 Å². The summed E-state index contributed by atoms with van der Waals surface area (Å²) in [5, 5.41) is 7.39. The van der Waals surface area contributed by atoms with Crippen LogP contribution >= 0.6 is 11.6 Å². The fourth-order valence-electron chi connectivity index (χ4n) is 3.39. The average molecular weight is 492 g/mol. The lowest BCUT2D eigenvalue weighted by molar-refractivity contribution is -0.121. The molecule has 4 aromatic rings. The number of aromatic nitrogens is 3. The molecule has 0 saturated heterocycles. The summed E-state index contributed by atoms with van der Waals surface area (Å²) in [4.78, 5) is 24.7. The summed E-state index contributed by atoms with van der Waals surface area (Å²) in [5.74, 6) is 1.73. The summed E-state index contributed by atoms with van der Waals surface area (Å²) < 4.78 is 11.8. The van der Waals surface area contributed by atoms with Crippen molar-refractivity contribution in [3.05, 3.63) is 77.8 Å². The van der Waals surface area contributed by atoms with Crippen LogP contribution in [0.4, 0.5) is 11.5 Å². The molecule has 0 aliphatic carbocycles. The summed E-state index contributed by atoms with van der Waals surface area (Å²) in [6.07, 6.45) is 3.64. The van der Waals surface area contributed by atoms with Crippen LogP contribution in [0.3, 0.4) is 0 Å². The second kappa shape index (κ2) is 11.5. The molecule has 2 aromatic heterocycles. The van der Waals surface area contributed by atoms with E-state index in [9.17, 15) is 4.79 Å². The number of rotatable bonds is 10. The number of carbonyl (C=O) groups excluding carboxylic acids is 1. The van der Waals surface area contributed by atoms with E-state index in [0.717, 1.165) is 22.3 Å². The predicted octanol–water partition coefficient (Wildman–Crippen LogP) is 5.29. The van der Waals surface area contributed by atoms with E-state index in [1.807, 2.05) is 56.3 Å². The van der Waals surface area contributed by atoms with Crippen LogP contribution in [0.25, 0.3) is 10.9 Å². The number of fused-ring (bicyclic) bond motifs is 1. The van der Waals surface area contributed by atoms with Crippen LogP contribution in [0.15, 0.2) is 67.1 Å². The zero-order valence-electron chi connectivity index (χ0n) is 19.5. The first-order chi connectivity index (χ1) is 17.0. The minimum atomic E-state index is -0.142. The number of ether oxygens (including phenoxy) is 2. The molecule has 2 N–H and O–H groups in total. The third-order valence-corrected chi connectivity index (χ3v) is 5.43. The zero-order chi connectivity index (χ0) is 24.6. The van der Waals surface area contributed by atoms with Gasteiger partial charge in [0.05, 0.1) is 27.7 Å². The quantitative estimate of drug-likeness (QED) is 0.311. The normalized spacial score (nSPS) is 11.6. The van der Waals surface area contributed by atoms with E-state index in [0.29, 0.717) is 42.0 Å². The highest BCUT2D eigenvalue weighted by molar-refractivity contribution is 6.32. The largest absolute Gasteiger partial charge is 0.491 e. The molecule has 0 unspecified atom stereocenters. The van der Waals surface area contributed by atoms with Crippen LogP contribution in [0.1, 0.15) is 26.0 Å². The molecule has 0 aliphatic heterocycles. The van der Waals surface area contributed by atoms with Crippen LogP contribution < -0.4 is 20.1 Å². The van der Waals surface area contributed by atoms with E-state index in [4.69, 9.17) is 21.1 Å². The van der Waals surface area contributed by atoms with E-state index < -0.39 is 0 Å². The van der Waals surface area contributed by atoms with Crippen LogP contribution in [0, 0.1) is 0 Å². The molecule has 4 rings (SSSR count). The molecule has 0 radical (unpaired) electrons. The molecule has 0 spiro atoms. The Kier molecular flexibility index (Phi) is 7.95. The Bertz CT molecular complexity index is 1300. The average Bonchev–Trinajstić information content (AvgIpc) is 2.87. The Hall–Kier alpha value is -3.91. The van der Waals surface area contributed by atoms with Crippen LogP contribution in [-0.4, -0.2) is 33.5 Å². The molecule has 35 heavy (non-hydrogen) atoms. The highest BCUT2D eigenvalue weighted by Gasteiger charge is 2.13. The lowest BCUT2D eigenvalue weighted by atomic mass is 10.2. The molecule has 9 heteroatoms. The Morgan fingerprint density at radius 2 is 1.91 bits per heavy atom. The van der Waals surface area contributed by atoms with Gasteiger partial charge in [0, 0.05) is 18.3 Å². The molecular formula is C26H26ClN5O3. The Balaban J connectivity index is 1.50. The smallest absolute Gasteiger partial charge is 0.220 e. The van der Waals surface area contributed by atoms with Crippen molar-refractivity contribution in [3.63, 3.8) is 0 Å². The topological polar surface area (TPSA) is 98.3 Å². The van der Waals surface area contributed by atoms with Crippen molar-refractivity contribution in [1.82, 2.24) is 20.3 Å². The molecule has 0 saturated carbocycles. The van der Waals surface area contributed by atoms with Crippen molar-refractivity contribution in [2.24, 2.45) is 0 Å². The number of anilines is 2. The third-order valence-electron chi connectivity index (χ3n) is 5.14.